The molecule has 0 aromatic rings. The SMILES string of the molecule is CCCC1(C(=O)N(CC)C(C)CC)CCCNC1. The predicted octanol–water partition coefficient (Wildman–Crippen LogP) is 2.80. The summed E-state index contributed by atoms with van der Waals surface area (Å²) in [6.45, 7) is 11.4. The molecule has 18 heavy (non-hydrogen) atoms. The van der Waals surface area contributed by atoms with E-state index < -0.39 is 0 Å². The van der Waals surface area contributed by atoms with E-state index in [4.69, 9.17) is 0 Å². The molecule has 1 amide bonds. The molecule has 1 aliphatic heterocycles. The van der Waals surface area contributed by atoms with Gasteiger partial charge in [-0.2, -0.15) is 0 Å². The predicted molar refractivity (Wildman–Crippen MR) is 76.6 cm³/mol. The Balaban J connectivity index is 2.86. The van der Waals surface area contributed by atoms with Gasteiger partial charge >= 0.3 is 0 Å². The van der Waals surface area contributed by atoms with Crippen molar-refractivity contribution in [2.45, 2.75) is 65.8 Å². The van der Waals surface area contributed by atoms with Gasteiger partial charge in [-0.25, -0.2) is 0 Å². The molecule has 1 rings (SSSR count). The minimum Gasteiger partial charge on any atom is -0.340 e. The Morgan fingerprint density at radius 1 is 1.39 bits per heavy atom. The number of piperidine rings is 1. The third-order valence-electron chi connectivity index (χ3n) is 4.38. The van der Waals surface area contributed by atoms with E-state index in [1.165, 1.54) is 0 Å². The molecule has 3 heteroatoms. The van der Waals surface area contributed by atoms with Crippen LogP contribution >= 0.6 is 0 Å². The number of nitrogens with zero attached hydrogens (tertiary/aromatic N) is 1. The Hall–Kier alpha value is -0.570. The number of hydrogen-bond donors (Lipinski definition) is 1. The van der Waals surface area contributed by atoms with Crippen molar-refractivity contribution >= 4 is 5.91 Å². The molecule has 1 heterocycles. The zero-order valence-electron chi connectivity index (χ0n) is 12.6. The Kier molecular flexibility index (Phi) is 6.13. The lowest BCUT2D eigenvalue weighted by molar-refractivity contribution is -0.146. The van der Waals surface area contributed by atoms with Gasteiger partial charge in [0.25, 0.3) is 0 Å². The first-order chi connectivity index (χ1) is 8.61. The molecule has 1 fully saturated rings. The molecule has 0 aliphatic carbocycles. The maximum Gasteiger partial charge on any atom is 0.230 e. The molecule has 0 bridgehead atoms. The first-order valence-electron chi connectivity index (χ1n) is 7.63. The summed E-state index contributed by atoms with van der Waals surface area (Å²) in [5.74, 6) is 0.383. The van der Waals surface area contributed by atoms with Crippen LogP contribution in [0.25, 0.3) is 0 Å². The van der Waals surface area contributed by atoms with Crippen LogP contribution in [0.2, 0.25) is 0 Å². The number of rotatable bonds is 6. The lowest BCUT2D eigenvalue weighted by Crippen LogP contribution is -2.53. The van der Waals surface area contributed by atoms with Crippen LogP contribution in [0.3, 0.4) is 0 Å². The molecule has 1 saturated heterocycles. The van der Waals surface area contributed by atoms with Crippen molar-refractivity contribution in [3.8, 4) is 0 Å². The summed E-state index contributed by atoms with van der Waals surface area (Å²) in [7, 11) is 0. The fraction of sp³-hybridized carbons (Fsp3) is 0.933. The largest absolute Gasteiger partial charge is 0.340 e. The van der Waals surface area contributed by atoms with E-state index in [0.717, 1.165) is 51.7 Å². The molecule has 2 atom stereocenters. The standard InChI is InChI=1S/C15H30N2O/c1-5-9-15(10-8-11-16-12-15)14(18)17(7-3)13(4)6-2/h13,16H,5-12H2,1-4H3. The fourth-order valence-electron chi connectivity index (χ4n) is 3.13. The van der Waals surface area contributed by atoms with Crippen molar-refractivity contribution in [2.75, 3.05) is 19.6 Å². The molecule has 0 radical (unpaired) electrons. The van der Waals surface area contributed by atoms with Crippen LogP contribution in [0, 0.1) is 5.41 Å². The number of nitrogens with one attached hydrogen (secondary N) is 1. The zero-order valence-corrected chi connectivity index (χ0v) is 12.6. The van der Waals surface area contributed by atoms with E-state index in [1.54, 1.807) is 0 Å². The fourth-order valence-corrected chi connectivity index (χ4v) is 3.13. The van der Waals surface area contributed by atoms with Gasteiger partial charge in [-0.15, -0.1) is 0 Å². The van der Waals surface area contributed by atoms with Gasteiger partial charge in [0.1, 0.15) is 0 Å². The quantitative estimate of drug-likeness (QED) is 0.790. The van der Waals surface area contributed by atoms with Gasteiger partial charge in [-0.1, -0.05) is 20.3 Å². The lowest BCUT2D eigenvalue weighted by atomic mass is 9.75. The van der Waals surface area contributed by atoms with Gasteiger partial charge in [-0.3, -0.25) is 4.79 Å². The van der Waals surface area contributed by atoms with E-state index >= 15 is 0 Å². The van der Waals surface area contributed by atoms with Gasteiger partial charge in [0.05, 0.1) is 5.41 Å². The molecule has 3 nitrogen and oxygen atoms in total. The lowest BCUT2D eigenvalue weighted by Gasteiger charge is -2.41. The van der Waals surface area contributed by atoms with Crippen LogP contribution < -0.4 is 5.32 Å². The summed E-state index contributed by atoms with van der Waals surface area (Å²) in [6.07, 6.45) is 5.33. The van der Waals surface area contributed by atoms with E-state index in [1.807, 2.05) is 0 Å². The molecular weight excluding hydrogens is 224 g/mol. The van der Waals surface area contributed by atoms with Gasteiger partial charge in [0.2, 0.25) is 5.91 Å². The molecule has 0 aromatic carbocycles. The topological polar surface area (TPSA) is 32.3 Å². The zero-order chi connectivity index (χ0) is 13.6. The summed E-state index contributed by atoms with van der Waals surface area (Å²) >= 11 is 0. The van der Waals surface area contributed by atoms with Gasteiger partial charge in [0, 0.05) is 19.1 Å². The van der Waals surface area contributed by atoms with Crippen LogP contribution in [0.1, 0.15) is 59.8 Å². The van der Waals surface area contributed by atoms with Crippen molar-refractivity contribution in [3.05, 3.63) is 0 Å². The van der Waals surface area contributed by atoms with Crippen molar-refractivity contribution in [2.24, 2.45) is 5.41 Å². The Bertz CT molecular complexity index is 254. The molecule has 1 aliphatic rings. The molecule has 0 saturated carbocycles. The van der Waals surface area contributed by atoms with Crippen molar-refractivity contribution in [3.63, 3.8) is 0 Å². The Morgan fingerprint density at radius 3 is 2.56 bits per heavy atom. The minimum atomic E-state index is -0.132. The number of carbonyl (C=O) groups is 1. The van der Waals surface area contributed by atoms with Gasteiger partial charge in [0.15, 0.2) is 0 Å². The summed E-state index contributed by atoms with van der Waals surface area (Å²) in [5.41, 5.74) is -0.132. The third kappa shape index (κ3) is 3.25. The number of amides is 1. The first-order valence-corrected chi connectivity index (χ1v) is 7.63. The van der Waals surface area contributed by atoms with Crippen LogP contribution in [0.4, 0.5) is 0 Å². The maximum atomic E-state index is 12.9. The van der Waals surface area contributed by atoms with Crippen LogP contribution in [0.15, 0.2) is 0 Å². The minimum absolute atomic E-state index is 0.132. The van der Waals surface area contributed by atoms with E-state index in [2.05, 4.69) is 37.9 Å². The molecule has 0 aromatic heterocycles. The molecular formula is C15H30N2O. The van der Waals surface area contributed by atoms with Crippen molar-refractivity contribution in [1.29, 1.82) is 0 Å². The second-order valence-electron chi connectivity index (χ2n) is 5.66. The van der Waals surface area contributed by atoms with Crippen LogP contribution in [-0.2, 0) is 4.79 Å². The highest BCUT2D eigenvalue weighted by Crippen LogP contribution is 2.34. The number of carbonyl (C=O) groups excluding carboxylic acids is 1. The van der Waals surface area contributed by atoms with Gasteiger partial charge < -0.3 is 10.2 Å². The highest BCUT2D eigenvalue weighted by molar-refractivity contribution is 5.83. The second-order valence-corrected chi connectivity index (χ2v) is 5.66. The molecule has 1 N–H and O–H groups in total. The molecule has 106 valence electrons. The normalized spacial score (nSPS) is 25.8. The number of hydrogen-bond acceptors (Lipinski definition) is 2. The average molecular weight is 254 g/mol. The van der Waals surface area contributed by atoms with E-state index in [-0.39, 0.29) is 5.41 Å². The summed E-state index contributed by atoms with van der Waals surface area (Å²) < 4.78 is 0. The Labute approximate surface area is 112 Å². The van der Waals surface area contributed by atoms with Crippen molar-refractivity contribution in [1.82, 2.24) is 10.2 Å². The van der Waals surface area contributed by atoms with Gasteiger partial charge in [-0.05, 0) is 46.1 Å². The smallest absolute Gasteiger partial charge is 0.230 e. The summed E-state index contributed by atoms with van der Waals surface area (Å²) in [5, 5.41) is 3.43. The molecule has 2 unspecified atom stereocenters. The van der Waals surface area contributed by atoms with Crippen molar-refractivity contribution < 1.29 is 4.79 Å². The summed E-state index contributed by atoms with van der Waals surface area (Å²) in [4.78, 5) is 15.0. The highest BCUT2D eigenvalue weighted by Gasteiger charge is 2.41. The molecule has 0 spiro atoms. The Morgan fingerprint density at radius 2 is 2.11 bits per heavy atom. The summed E-state index contributed by atoms with van der Waals surface area (Å²) in [6, 6.07) is 0.359. The van der Waals surface area contributed by atoms with E-state index in [9.17, 15) is 4.79 Å². The maximum absolute atomic E-state index is 12.9. The van der Waals surface area contributed by atoms with Crippen LogP contribution in [-0.4, -0.2) is 36.5 Å². The monoisotopic (exact) mass is 254 g/mol. The van der Waals surface area contributed by atoms with Crippen LogP contribution in [0.5, 0.6) is 0 Å². The highest BCUT2D eigenvalue weighted by atomic mass is 16.2. The van der Waals surface area contributed by atoms with E-state index in [0.29, 0.717) is 11.9 Å². The average Bonchev–Trinajstić information content (AvgIpc) is 2.40. The third-order valence-corrected chi connectivity index (χ3v) is 4.38. The first kappa shape index (κ1) is 15.5. The second kappa shape index (κ2) is 7.13.